The average Bonchev–Trinajstić information content (AvgIpc) is 3.60. The minimum Gasteiger partial charge on any atom is -0.497 e. The number of anilines is 1. The van der Waals surface area contributed by atoms with Gasteiger partial charge in [0.15, 0.2) is 11.6 Å². The normalized spacial score (nSPS) is 14.2. The van der Waals surface area contributed by atoms with Gasteiger partial charge in [-0.1, -0.05) is 18.2 Å². The molecule has 0 spiro atoms. The second kappa shape index (κ2) is 9.70. The lowest BCUT2D eigenvalue weighted by molar-refractivity contribution is 0.0913. The molecule has 4 heterocycles. The van der Waals surface area contributed by atoms with E-state index < -0.39 is 5.54 Å². The minimum atomic E-state index is -0.640. The predicted molar refractivity (Wildman–Crippen MR) is 149 cm³/mol. The Morgan fingerprint density at radius 1 is 1.13 bits per heavy atom. The van der Waals surface area contributed by atoms with Crippen molar-refractivity contribution in [2.45, 2.75) is 19.4 Å². The Bertz CT molecular complexity index is 1640. The molecule has 1 saturated heterocycles. The summed E-state index contributed by atoms with van der Waals surface area (Å²) in [5.41, 5.74) is 2.61. The van der Waals surface area contributed by atoms with Gasteiger partial charge in [-0.15, -0.1) is 11.3 Å². The number of amides is 1. The maximum atomic E-state index is 13.1. The average molecular weight is 529 g/mol. The van der Waals surface area contributed by atoms with E-state index in [-0.39, 0.29) is 5.91 Å². The van der Waals surface area contributed by atoms with E-state index in [0.29, 0.717) is 30.4 Å². The highest BCUT2D eigenvalue weighted by atomic mass is 32.1. The first-order valence-corrected chi connectivity index (χ1v) is 13.3. The lowest BCUT2D eigenvalue weighted by Crippen LogP contribution is -2.40. The van der Waals surface area contributed by atoms with Gasteiger partial charge in [0.25, 0.3) is 5.91 Å². The summed E-state index contributed by atoms with van der Waals surface area (Å²) in [4.78, 5) is 26.5. The number of thiophene rings is 1. The van der Waals surface area contributed by atoms with E-state index in [2.05, 4.69) is 26.5 Å². The van der Waals surface area contributed by atoms with Gasteiger partial charge < -0.3 is 19.7 Å². The molecule has 9 nitrogen and oxygen atoms in total. The zero-order valence-electron chi connectivity index (χ0n) is 21.4. The van der Waals surface area contributed by atoms with E-state index in [0.717, 1.165) is 50.5 Å². The third kappa shape index (κ3) is 4.46. The molecule has 194 valence electrons. The van der Waals surface area contributed by atoms with Crippen LogP contribution >= 0.6 is 11.3 Å². The number of aromatic nitrogens is 4. The molecule has 0 saturated carbocycles. The van der Waals surface area contributed by atoms with Crippen LogP contribution in [0.25, 0.3) is 32.5 Å². The number of ether oxygens (including phenoxy) is 2. The predicted octanol–water partition coefficient (Wildman–Crippen LogP) is 4.74. The lowest BCUT2D eigenvalue weighted by atomic mass is 10.0. The van der Waals surface area contributed by atoms with Crippen molar-refractivity contribution in [2.75, 3.05) is 38.3 Å². The summed E-state index contributed by atoms with van der Waals surface area (Å²) in [6.07, 6.45) is 1.81. The number of morpholine rings is 1. The Labute approximate surface area is 223 Å². The molecule has 5 aromatic rings. The number of carbonyl (C=O) groups is 1. The third-order valence-corrected chi connectivity index (χ3v) is 8.21. The largest absolute Gasteiger partial charge is 0.497 e. The highest BCUT2D eigenvalue weighted by Crippen LogP contribution is 2.39. The lowest BCUT2D eigenvalue weighted by Gasteiger charge is -2.28. The summed E-state index contributed by atoms with van der Waals surface area (Å²) < 4.78 is 11.9. The number of aromatic amines is 1. The fourth-order valence-corrected chi connectivity index (χ4v) is 5.85. The molecule has 1 aliphatic rings. The minimum absolute atomic E-state index is 0.168. The standard InChI is InChI=1S/C28H28N6O3S/c1-28(2,32-27(35)17-6-4-7-18(14-17)36-3)23-15-22-24(38-23)26(34-10-12-37-13-11-34)31-25(30-22)19-8-5-9-21-20(19)16-29-33-21/h4-9,14-16H,10-13H2,1-3H3,(H,29,33)(H,32,35). The van der Waals surface area contributed by atoms with Crippen LogP contribution in [0.15, 0.2) is 54.7 Å². The molecule has 1 aliphatic heterocycles. The van der Waals surface area contributed by atoms with E-state index in [1.165, 1.54) is 0 Å². The fourth-order valence-electron chi connectivity index (χ4n) is 4.68. The van der Waals surface area contributed by atoms with Crippen molar-refractivity contribution in [2.24, 2.45) is 0 Å². The van der Waals surface area contributed by atoms with Gasteiger partial charge in [0.2, 0.25) is 0 Å². The van der Waals surface area contributed by atoms with Crippen LogP contribution in [0.2, 0.25) is 0 Å². The Balaban J connectivity index is 1.42. The molecule has 10 heteroatoms. The van der Waals surface area contributed by atoms with Crippen molar-refractivity contribution in [3.63, 3.8) is 0 Å². The van der Waals surface area contributed by atoms with Crippen LogP contribution in [-0.2, 0) is 10.3 Å². The van der Waals surface area contributed by atoms with Crippen LogP contribution in [-0.4, -0.2) is 59.5 Å². The van der Waals surface area contributed by atoms with Gasteiger partial charge in [-0.2, -0.15) is 5.10 Å². The zero-order chi connectivity index (χ0) is 26.3. The number of carbonyl (C=O) groups excluding carboxylic acids is 1. The van der Waals surface area contributed by atoms with Gasteiger partial charge in [-0.05, 0) is 44.2 Å². The van der Waals surface area contributed by atoms with Crippen molar-refractivity contribution in [1.82, 2.24) is 25.5 Å². The maximum Gasteiger partial charge on any atom is 0.252 e. The molecule has 1 amide bonds. The molecule has 38 heavy (non-hydrogen) atoms. The maximum absolute atomic E-state index is 13.1. The molecule has 0 radical (unpaired) electrons. The van der Waals surface area contributed by atoms with Gasteiger partial charge >= 0.3 is 0 Å². The molecular formula is C28H28N6O3S. The Kier molecular flexibility index (Phi) is 6.21. The van der Waals surface area contributed by atoms with Crippen molar-refractivity contribution in [3.8, 4) is 17.1 Å². The molecule has 1 fully saturated rings. The van der Waals surface area contributed by atoms with Crippen molar-refractivity contribution in [1.29, 1.82) is 0 Å². The van der Waals surface area contributed by atoms with Gasteiger partial charge in [-0.25, -0.2) is 9.97 Å². The Morgan fingerprint density at radius 2 is 1.95 bits per heavy atom. The van der Waals surface area contributed by atoms with Crippen LogP contribution in [0.5, 0.6) is 5.75 Å². The van der Waals surface area contributed by atoms with Crippen molar-refractivity contribution in [3.05, 3.63) is 65.2 Å². The second-order valence-electron chi connectivity index (χ2n) is 9.74. The summed E-state index contributed by atoms with van der Waals surface area (Å²) >= 11 is 1.61. The number of benzene rings is 2. The molecule has 0 bridgehead atoms. The molecular weight excluding hydrogens is 500 g/mol. The van der Waals surface area contributed by atoms with E-state index >= 15 is 0 Å². The van der Waals surface area contributed by atoms with Gasteiger partial charge in [0.05, 0.1) is 47.8 Å². The highest BCUT2D eigenvalue weighted by molar-refractivity contribution is 7.19. The van der Waals surface area contributed by atoms with Crippen LogP contribution in [0.3, 0.4) is 0 Å². The van der Waals surface area contributed by atoms with E-state index in [9.17, 15) is 4.79 Å². The number of fused-ring (bicyclic) bond motifs is 2. The smallest absolute Gasteiger partial charge is 0.252 e. The molecule has 0 aliphatic carbocycles. The molecule has 6 rings (SSSR count). The molecule has 2 N–H and O–H groups in total. The first-order chi connectivity index (χ1) is 18.4. The van der Waals surface area contributed by atoms with E-state index in [4.69, 9.17) is 19.4 Å². The topological polar surface area (TPSA) is 105 Å². The summed E-state index contributed by atoms with van der Waals surface area (Å²) in [6.45, 7) is 6.82. The van der Waals surface area contributed by atoms with Crippen LogP contribution in [0.1, 0.15) is 29.1 Å². The molecule has 0 unspecified atom stereocenters. The number of nitrogens with zero attached hydrogens (tertiary/aromatic N) is 4. The van der Waals surface area contributed by atoms with E-state index in [1.807, 2.05) is 50.4 Å². The van der Waals surface area contributed by atoms with Crippen LogP contribution in [0.4, 0.5) is 5.82 Å². The number of nitrogens with one attached hydrogen (secondary N) is 2. The first-order valence-electron chi connectivity index (χ1n) is 12.5. The number of methoxy groups -OCH3 is 1. The second-order valence-corrected chi connectivity index (χ2v) is 10.8. The number of hydrogen-bond donors (Lipinski definition) is 2. The molecule has 0 atom stereocenters. The quantitative estimate of drug-likeness (QED) is 0.328. The fraction of sp³-hybridized carbons (Fsp3) is 0.286. The molecule has 2 aromatic carbocycles. The summed E-state index contributed by atoms with van der Waals surface area (Å²) in [5, 5.41) is 11.4. The van der Waals surface area contributed by atoms with Gasteiger partial charge in [0, 0.05) is 34.5 Å². The van der Waals surface area contributed by atoms with Gasteiger partial charge in [0.1, 0.15) is 5.75 Å². The van der Waals surface area contributed by atoms with Crippen molar-refractivity contribution < 1.29 is 14.3 Å². The van der Waals surface area contributed by atoms with E-state index in [1.54, 1.807) is 30.6 Å². The Morgan fingerprint density at radius 3 is 2.76 bits per heavy atom. The van der Waals surface area contributed by atoms with Crippen molar-refractivity contribution >= 4 is 44.2 Å². The summed E-state index contributed by atoms with van der Waals surface area (Å²) in [5.74, 6) is 2.01. The monoisotopic (exact) mass is 528 g/mol. The number of rotatable bonds is 6. The zero-order valence-corrected chi connectivity index (χ0v) is 22.3. The van der Waals surface area contributed by atoms with Crippen LogP contribution in [0, 0.1) is 0 Å². The Hall–Kier alpha value is -4.02. The highest BCUT2D eigenvalue weighted by Gasteiger charge is 2.29. The number of H-pyrrole nitrogens is 1. The number of hydrogen-bond acceptors (Lipinski definition) is 8. The van der Waals surface area contributed by atoms with Crippen LogP contribution < -0.4 is 15.0 Å². The first kappa shape index (κ1) is 24.3. The summed E-state index contributed by atoms with van der Waals surface area (Å²) in [7, 11) is 1.59. The third-order valence-electron chi connectivity index (χ3n) is 6.76. The SMILES string of the molecule is COc1cccc(C(=O)NC(C)(C)c2cc3nc(-c4cccc5[nH]ncc45)nc(N4CCOCC4)c3s2)c1. The molecule has 3 aromatic heterocycles. The summed E-state index contributed by atoms with van der Waals surface area (Å²) in [6, 6.07) is 15.2. The van der Waals surface area contributed by atoms with Gasteiger partial charge in [-0.3, -0.25) is 9.89 Å².